The molecule has 0 saturated heterocycles. The van der Waals surface area contributed by atoms with Crippen molar-refractivity contribution in [3.05, 3.63) is 81.1 Å². The lowest BCUT2D eigenvalue weighted by Crippen LogP contribution is -2.30. The molecule has 0 radical (unpaired) electrons. The zero-order valence-electron chi connectivity index (χ0n) is 16.3. The molecule has 8 heteroatoms. The number of phenols is 1. The van der Waals surface area contributed by atoms with Gasteiger partial charge >= 0.3 is 0 Å². The third-order valence-electron chi connectivity index (χ3n) is 4.96. The van der Waals surface area contributed by atoms with Crippen molar-refractivity contribution in [2.75, 3.05) is 7.11 Å². The number of nitrogens with zero attached hydrogens (tertiary/aromatic N) is 1. The number of hydrogen-bond donors (Lipinski definition) is 2. The Kier molecular flexibility index (Phi) is 5.09. The van der Waals surface area contributed by atoms with Gasteiger partial charge in [0.25, 0.3) is 5.91 Å². The van der Waals surface area contributed by atoms with E-state index in [1.807, 2.05) is 17.5 Å². The molecule has 1 amide bonds. The highest BCUT2D eigenvalue weighted by Crippen LogP contribution is 2.45. The van der Waals surface area contributed by atoms with Crippen LogP contribution >= 0.6 is 11.3 Å². The third kappa shape index (κ3) is 3.25. The van der Waals surface area contributed by atoms with Gasteiger partial charge in [0.2, 0.25) is 5.78 Å². The SMILES string of the molecule is COc1cccc(C2C(C(=O)c3ccc(C)o3)=C(O)C(=O)N2Cc2cccs2)c1O. The van der Waals surface area contributed by atoms with Crippen LogP contribution in [0.4, 0.5) is 0 Å². The van der Waals surface area contributed by atoms with Crippen LogP contribution in [0.15, 0.2) is 63.6 Å². The van der Waals surface area contributed by atoms with Gasteiger partial charge in [0, 0.05) is 10.4 Å². The van der Waals surface area contributed by atoms with Crippen molar-refractivity contribution in [3.63, 3.8) is 0 Å². The largest absolute Gasteiger partial charge is 0.504 e. The Balaban J connectivity index is 1.86. The number of aliphatic hydroxyl groups is 1. The molecule has 0 aliphatic carbocycles. The number of carbonyl (C=O) groups is 2. The van der Waals surface area contributed by atoms with E-state index >= 15 is 0 Å². The second kappa shape index (κ2) is 7.72. The summed E-state index contributed by atoms with van der Waals surface area (Å²) in [5.41, 5.74) is 0.129. The number of thiophene rings is 1. The van der Waals surface area contributed by atoms with Gasteiger partial charge in [-0.15, -0.1) is 11.3 Å². The van der Waals surface area contributed by atoms with Gasteiger partial charge in [-0.3, -0.25) is 9.59 Å². The van der Waals surface area contributed by atoms with E-state index in [0.29, 0.717) is 5.76 Å². The molecule has 1 atom stereocenters. The first-order valence-electron chi connectivity index (χ1n) is 9.15. The highest BCUT2D eigenvalue weighted by atomic mass is 32.1. The number of benzene rings is 1. The number of aromatic hydroxyl groups is 1. The van der Waals surface area contributed by atoms with Crippen LogP contribution in [-0.4, -0.2) is 33.9 Å². The molecule has 2 aromatic heterocycles. The van der Waals surface area contributed by atoms with Crippen molar-refractivity contribution in [3.8, 4) is 11.5 Å². The molecule has 30 heavy (non-hydrogen) atoms. The van der Waals surface area contributed by atoms with Crippen molar-refractivity contribution < 1.29 is 29.0 Å². The Morgan fingerprint density at radius 3 is 2.63 bits per heavy atom. The molecule has 4 rings (SSSR count). The molecule has 3 aromatic rings. The fraction of sp³-hybridized carbons (Fsp3) is 0.182. The van der Waals surface area contributed by atoms with Crippen LogP contribution in [0.1, 0.15) is 32.8 Å². The number of para-hydroxylation sites is 1. The summed E-state index contributed by atoms with van der Waals surface area (Å²) in [6.45, 7) is 1.86. The summed E-state index contributed by atoms with van der Waals surface area (Å²) in [6.07, 6.45) is 0. The molecular weight excluding hydrogens is 406 g/mol. The van der Waals surface area contributed by atoms with Crippen molar-refractivity contribution >= 4 is 23.0 Å². The molecule has 2 N–H and O–H groups in total. The van der Waals surface area contributed by atoms with Gasteiger partial charge in [0.1, 0.15) is 5.76 Å². The topological polar surface area (TPSA) is 100 Å². The zero-order valence-corrected chi connectivity index (χ0v) is 17.1. The van der Waals surface area contributed by atoms with Crippen molar-refractivity contribution in [1.82, 2.24) is 4.90 Å². The van der Waals surface area contributed by atoms with Gasteiger partial charge < -0.3 is 24.3 Å². The highest BCUT2D eigenvalue weighted by Gasteiger charge is 2.45. The Hall–Kier alpha value is -3.52. The van der Waals surface area contributed by atoms with Gasteiger partial charge in [-0.2, -0.15) is 0 Å². The lowest BCUT2D eigenvalue weighted by molar-refractivity contribution is -0.130. The smallest absolute Gasteiger partial charge is 0.290 e. The van der Waals surface area contributed by atoms with E-state index in [-0.39, 0.29) is 34.9 Å². The van der Waals surface area contributed by atoms with Gasteiger partial charge in [0.15, 0.2) is 23.0 Å². The number of rotatable bonds is 6. The predicted octanol–water partition coefficient (Wildman–Crippen LogP) is 4.14. The third-order valence-corrected chi connectivity index (χ3v) is 5.82. The maximum Gasteiger partial charge on any atom is 0.290 e. The summed E-state index contributed by atoms with van der Waals surface area (Å²) in [6, 6.07) is 10.6. The van der Waals surface area contributed by atoms with Gasteiger partial charge in [0.05, 0.1) is 25.3 Å². The van der Waals surface area contributed by atoms with Crippen LogP contribution < -0.4 is 4.74 Å². The van der Waals surface area contributed by atoms with E-state index in [1.54, 1.807) is 31.2 Å². The summed E-state index contributed by atoms with van der Waals surface area (Å²) in [5.74, 6) is -1.44. The van der Waals surface area contributed by atoms with Crippen LogP contribution in [0.25, 0.3) is 0 Å². The minimum absolute atomic E-state index is 0.00668. The number of hydrogen-bond acceptors (Lipinski definition) is 7. The molecule has 3 heterocycles. The van der Waals surface area contributed by atoms with Crippen LogP contribution in [0, 0.1) is 6.92 Å². The first-order valence-corrected chi connectivity index (χ1v) is 10.0. The number of furan rings is 1. The van der Waals surface area contributed by atoms with E-state index < -0.39 is 23.5 Å². The summed E-state index contributed by atoms with van der Waals surface area (Å²) >= 11 is 1.45. The van der Waals surface area contributed by atoms with Crippen molar-refractivity contribution in [1.29, 1.82) is 0 Å². The normalized spacial score (nSPS) is 16.4. The van der Waals surface area contributed by atoms with E-state index in [0.717, 1.165) is 4.88 Å². The average Bonchev–Trinajstić information content (AvgIpc) is 3.45. The lowest BCUT2D eigenvalue weighted by Gasteiger charge is -2.27. The minimum atomic E-state index is -1.01. The molecular formula is C22H19NO6S. The monoisotopic (exact) mass is 425 g/mol. The van der Waals surface area contributed by atoms with E-state index in [4.69, 9.17) is 9.15 Å². The first kappa shape index (κ1) is 19.8. The molecule has 0 spiro atoms. The highest BCUT2D eigenvalue weighted by molar-refractivity contribution is 7.09. The molecule has 7 nitrogen and oxygen atoms in total. The van der Waals surface area contributed by atoms with Crippen LogP contribution in [0.5, 0.6) is 11.5 Å². The number of Topliss-reactive ketones (excluding diaryl/α,β-unsaturated/α-hetero) is 1. The second-order valence-electron chi connectivity index (χ2n) is 6.81. The lowest BCUT2D eigenvalue weighted by atomic mass is 9.94. The summed E-state index contributed by atoms with van der Waals surface area (Å²) in [7, 11) is 1.41. The zero-order chi connectivity index (χ0) is 21.4. The number of amides is 1. The Bertz CT molecular complexity index is 1140. The van der Waals surface area contributed by atoms with Crippen LogP contribution in [0.2, 0.25) is 0 Å². The Morgan fingerprint density at radius 2 is 2.00 bits per heavy atom. The maximum atomic E-state index is 13.2. The molecule has 1 aliphatic rings. The van der Waals surface area contributed by atoms with Gasteiger partial charge in [-0.25, -0.2) is 0 Å². The number of phenolic OH excluding ortho intramolecular Hbond substituents is 1. The van der Waals surface area contributed by atoms with E-state index in [9.17, 15) is 19.8 Å². The number of methoxy groups -OCH3 is 1. The molecule has 154 valence electrons. The van der Waals surface area contributed by atoms with Gasteiger partial charge in [-0.1, -0.05) is 18.2 Å². The standard InChI is InChI=1S/C22H19NO6S/c1-12-8-9-16(29-12)20(25)17-18(14-6-3-7-15(28-2)19(14)24)23(22(27)21(17)26)11-13-5-4-10-30-13/h3-10,18,24,26H,11H2,1-2H3. The van der Waals surface area contributed by atoms with Crippen LogP contribution in [-0.2, 0) is 11.3 Å². The summed E-state index contributed by atoms with van der Waals surface area (Å²) in [4.78, 5) is 28.4. The average molecular weight is 425 g/mol. The second-order valence-corrected chi connectivity index (χ2v) is 7.85. The molecule has 1 aliphatic heterocycles. The van der Waals surface area contributed by atoms with E-state index in [2.05, 4.69) is 0 Å². The maximum absolute atomic E-state index is 13.2. The first-order chi connectivity index (χ1) is 14.4. The van der Waals surface area contributed by atoms with Crippen molar-refractivity contribution in [2.24, 2.45) is 0 Å². The Labute approximate surface area is 176 Å². The fourth-order valence-electron chi connectivity index (χ4n) is 3.56. The van der Waals surface area contributed by atoms with E-state index in [1.165, 1.54) is 29.4 Å². The molecule has 0 fully saturated rings. The Morgan fingerprint density at radius 1 is 1.20 bits per heavy atom. The number of carbonyl (C=O) groups excluding carboxylic acids is 2. The molecule has 0 saturated carbocycles. The molecule has 0 bridgehead atoms. The molecule has 1 aromatic carbocycles. The summed E-state index contributed by atoms with van der Waals surface area (Å²) in [5, 5.41) is 23.3. The number of aliphatic hydroxyl groups excluding tert-OH is 1. The number of ether oxygens (including phenoxy) is 1. The quantitative estimate of drug-likeness (QED) is 0.576. The fourth-order valence-corrected chi connectivity index (χ4v) is 4.26. The van der Waals surface area contributed by atoms with Crippen molar-refractivity contribution in [2.45, 2.75) is 19.5 Å². The summed E-state index contributed by atoms with van der Waals surface area (Å²) < 4.78 is 10.6. The number of ketones is 1. The minimum Gasteiger partial charge on any atom is -0.504 e. The molecule has 1 unspecified atom stereocenters. The van der Waals surface area contributed by atoms with Gasteiger partial charge in [-0.05, 0) is 36.6 Å². The van der Waals surface area contributed by atoms with Crippen LogP contribution in [0.3, 0.4) is 0 Å². The predicted molar refractivity (Wildman–Crippen MR) is 110 cm³/mol. The number of aryl methyl sites for hydroxylation is 1.